The molecule has 0 saturated heterocycles. The molecule has 0 fully saturated rings. The van der Waals surface area contributed by atoms with E-state index in [1.807, 2.05) is 22.7 Å². The molecule has 11 aromatic rings. The molecule has 0 bridgehead atoms. The molecule has 0 aliphatic carbocycles. The van der Waals surface area contributed by atoms with Gasteiger partial charge in [-0.3, -0.25) is 0 Å². The minimum Gasteiger partial charge on any atom is -0.236 e. The van der Waals surface area contributed by atoms with Crippen molar-refractivity contribution < 1.29 is 0 Å². The van der Waals surface area contributed by atoms with Crippen LogP contribution in [0, 0.1) is 0 Å². The van der Waals surface area contributed by atoms with Crippen LogP contribution >= 0.6 is 22.7 Å². The lowest BCUT2D eigenvalue weighted by Gasteiger charge is -2.11. The van der Waals surface area contributed by atoms with Gasteiger partial charge in [0.15, 0.2) is 0 Å². The molecular formula is C48H28N2S2. The van der Waals surface area contributed by atoms with E-state index in [4.69, 9.17) is 9.97 Å². The summed E-state index contributed by atoms with van der Waals surface area (Å²) in [6.07, 6.45) is 1.70. The number of rotatable bonds is 4. The van der Waals surface area contributed by atoms with Crippen LogP contribution in [-0.2, 0) is 0 Å². The smallest absolute Gasteiger partial charge is 0.116 e. The molecule has 4 heteroatoms. The monoisotopic (exact) mass is 696 g/mol. The minimum absolute atomic E-state index is 0.950. The Bertz CT molecular complexity index is 3190. The molecule has 242 valence electrons. The largest absolute Gasteiger partial charge is 0.236 e. The van der Waals surface area contributed by atoms with Crippen molar-refractivity contribution in [1.82, 2.24) is 9.97 Å². The molecule has 3 aromatic heterocycles. The van der Waals surface area contributed by atoms with Gasteiger partial charge in [0.1, 0.15) is 6.33 Å². The Morgan fingerprint density at radius 3 is 1.63 bits per heavy atom. The predicted octanol–water partition coefficient (Wildman–Crippen LogP) is 14.2. The third-order valence-electron chi connectivity index (χ3n) is 10.4. The molecule has 2 nitrogen and oxygen atoms in total. The maximum Gasteiger partial charge on any atom is 0.116 e. The van der Waals surface area contributed by atoms with E-state index in [1.165, 1.54) is 79.1 Å². The summed E-state index contributed by atoms with van der Waals surface area (Å²) in [5.74, 6) is 0. The van der Waals surface area contributed by atoms with Crippen LogP contribution in [0.15, 0.2) is 170 Å². The van der Waals surface area contributed by atoms with Crippen molar-refractivity contribution in [3.8, 4) is 44.6 Å². The number of fused-ring (bicyclic) bond motifs is 9. The second-order valence-corrected chi connectivity index (χ2v) is 15.4. The van der Waals surface area contributed by atoms with Gasteiger partial charge >= 0.3 is 0 Å². The van der Waals surface area contributed by atoms with Crippen molar-refractivity contribution in [2.24, 2.45) is 0 Å². The first-order chi connectivity index (χ1) is 25.8. The maximum absolute atomic E-state index is 4.81. The summed E-state index contributed by atoms with van der Waals surface area (Å²) in [5, 5.41) is 8.64. The first-order valence-corrected chi connectivity index (χ1v) is 19.1. The standard InChI is InChI=1S/C48H28N2S2/c1-3-16-43-38(10-1)40-14-6-12-36(47(40)51-43)29-18-20-30(21-19-29)45-42-25-23-34-27-32(22-24-35(34)46(42)50-28-49-45)31-8-5-9-33(26-31)37-13-7-15-41-39-11-2-4-17-44(39)52-48(37)41/h1-28H. The number of thiophene rings is 2. The van der Waals surface area contributed by atoms with Gasteiger partial charge in [-0.15, -0.1) is 22.7 Å². The summed E-state index contributed by atoms with van der Waals surface area (Å²) in [6, 6.07) is 59.6. The van der Waals surface area contributed by atoms with E-state index in [0.29, 0.717) is 0 Å². The Morgan fingerprint density at radius 2 is 0.904 bits per heavy atom. The molecule has 0 radical (unpaired) electrons. The van der Waals surface area contributed by atoms with E-state index < -0.39 is 0 Å². The predicted molar refractivity (Wildman–Crippen MR) is 225 cm³/mol. The molecule has 0 spiro atoms. The normalized spacial score (nSPS) is 11.8. The number of hydrogen-bond donors (Lipinski definition) is 0. The average Bonchev–Trinajstić information content (AvgIpc) is 3.79. The maximum atomic E-state index is 4.81. The van der Waals surface area contributed by atoms with Gasteiger partial charge in [0.2, 0.25) is 0 Å². The van der Waals surface area contributed by atoms with E-state index in [1.54, 1.807) is 6.33 Å². The highest BCUT2D eigenvalue weighted by atomic mass is 32.1. The van der Waals surface area contributed by atoms with Gasteiger partial charge in [-0.25, -0.2) is 9.97 Å². The van der Waals surface area contributed by atoms with Gasteiger partial charge in [-0.1, -0.05) is 133 Å². The lowest BCUT2D eigenvalue weighted by molar-refractivity contribution is 1.23. The molecule has 0 saturated carbocycles. The summed E-state index contributed by atoms with van der Waals surface area (Å²) in [5.41, 5.74) is 10.4. The van der Waals surface area contributed by atoms with Gasteiger partial charge in [0.25, 0.3) is 0 Å². The van der Waals surface area contributed by atoms with Crippen LogP contribution in [0.25, 0.3) is 107 Å². The van der Waals surface area contributed by atoms with Gasteiger partial charge in [0.05, 0.1) is 11.2 Å². The highest BCUT2D eigenvalue weighted by Crippen LogP contribution is 2.42. The average molecular weight is 697 g/mol. The van der Waals surface area contributed by atoms with E-state index >= 15 is 0 Å². The number of nitrogens with zero attached hydrogens (tertiary/aromatic N) is 2. The van der Waals surface area contributed by atoms with Crippen molar-refractivity contribution in [2.75, 3.05) is 0 Å². The second-order valence-electron chi connectivity index (χ2n) is 13.3. The molecule has 11 rings (SSSR count). The molecule has 0 atom stereocenters. The SMILES string of the molecule is c1cc(-c2ccc3c(ccc4c(-c5ccc(-c6cccc7c6sc6ccccc67)cc5)ncnc43)c2)cc(-c2cccc3c2sc2ccccc23)c1. The van der Waals surface area contributed by atoms with Crippen LogP contribution in [0.5, 0.6) is 0 Å². The molecule has 0 N–H and O–H groups in total. The fraction of sp³-hybridized carbons (Fsp3) is 0. The van der Waals surface area contributed by atoms with Crippen LogP contribution in [0.3, 0.4) is 0 Å². The Labute approximate surface area is 307 Å². The summed E-state index contributed by atoms with van der Waals surface area (Å²) in [7, 11) is 0. The van der Waals surface area contributed by atoms with Crippen LogP contribution in [-0.4, -0.2) is 9.97 Å². The van der Waals surface area contributed by atoms with E-state index in [-0.39, 0.29) is 0 Å². The van der Waals surface area contributed by atoms with E-state index in [0.717, 1.165) is 27.5 Å². The molecule has 8 aromatic carbocycles. The molecule has 0 amide bonds. The quantitative estimate of drug-likeness (QED) is 0.171. The van der Waals surface area contributed by atoms with Crippen LogP contribution in [0.4, 0.5) is 0 Å². The lowest BCUT2D eigenvalue weighted by Crippen LogP contribution is -1.91. The Kier molecular flexibility index (Phi) is 6.63. The molecule has 0 unspecified atom stereocenters. The fourth-order valence-corrected chi connectivity index (χ4v) is 10.4. The Balaban J connectivity index is 0.952. The highest BCUT2D eigenvalue weighted by Gasteiger charge is 2.14. The molecule has 52 heavy (non-hydrogen) atoms. The topological polar surface area (TPSA) is 25.8 Å². The third-order valence-corrected chi connectivity index (χ3v) is 12.8. The third kappa shape index (κ3) is 4.62. The van der Waals surface area contributed by atoms with Crippen molar-refractivity contribution in [3.05, 3.63) is 170 Å². The zero-order valence-corrected chi connectivity index (χ0v) is 29.5. The fourth-order valence-electron chi connectivity index (χ4n) is 7.89. The van der Waals surface area contributed by atoms with E-state index in [9.17, 15) is 0 Å². The van der Waals surface area contributed by atoms with Crippen LogP contribution in [0.2, 0.25) is 0 Å². The summed E-state index contributed by atoms with van der Waals surface area (Å²) < 4.78 is 5.31. The van der Waals surface area contributed by atoms with Crippen molar-refractivity contribution >= 4 is 84.7 Å². The van der Waals surface area contributed by atoms with E-state index in [2.05, 4.69) is 164 Å². The molecule has 0 aliphatic heterocycles. The summed E-state index contributed by atoms with van der Waals surface area (Å²) in [6.45, 7) is 0. The van der Waals surface area contributed by atoms with Crippen LogP contribution in [0.1, 0.15) is 0 Å². The first kappa shape index (κ1) is 29.5. The number of aromatic nitrogens is 2. The molecule has 3 heterocycles. The summed E-state index contributed by atoms with van der Waals surface area (Å²) >= 11 is 3.74. The van der Waals surface area contributed by atoms with Gasteiger partial charge in [0, 0.05) is 56.7 Å². The Hall–Kier alpha value is -6.20. The molecule has 0 aliphatic rings. The van der Waals surface area contributed by atoms with Gasteiger partial charge in [-0.05, 0) is 69.1 Å². The zero-order chi connectivity index (χ0) is 34.2. The van der Waals surface area contributed by atoms with Gasteiger partial charge < -0.3 is 0 Å². The zero-order valence-electron chi connectivity index (χ0n) is 27.9. The van der Waals surface area contributed by atoms with Crippen molar-refractivity contribution in [1.29, 1.82) is 0 Å². The molecular weight excluding hydrogens is 669 g/mol. The number of hydrogen-bond acceptors (Lipinski definition) is 4. The summed E-state index contributed by atoms with van der Waals surface area (Å²) in [4.78, 5) is 9.61. The van der Waals surface area contributed by atoms with Gasteiger partial charge in [-0.2, -0.15) is 0 Å². The first-order valence-electron chi connectivity index (χ1n) is 17.5. The Morgan fingerprint density at radius 1 is 0.346 bits per heavy atom. The lowest BCUT2D eigenvalue weighted by atomic mass is 9.95. The van der Waals surface area contributed by atoms with Crippen LogP contribution < -0.4 is 0 Å². The van der Waals surface area contributed by atoms with Crippen molar-refractivity contribution in [2.45, 2.75) is 0 Å². The number of benzene rings is 8. The van der Waals surface area contributed by atoms with Crippen molar-refractivity contribution in [3.63, 3.8) is 0 Å². The second kappa shape index (κ2) is 11.7. The minimum atomic E-state index is 0.950. The highest BCUT2D eigenvalue weighted by molar-refractivity contribution is 7.26.